The van der Waals surface area contributed by atoms with E-state index in [2.05, 4.69) is 0 Å². The number of amides is 1. The molecule has 0 radical (unpaired) electrons. The Kier molecular flexibility index (Phi) is 5.56. The molecule has 0 aromatic heterocycles. The Balaban J connectivity index is 2.05. The number of nitrogens with zero attached hydrogens (tertiary/aromatic N) is 1. The molecule has 3 N–H and O–H groups in total. The molecule has 0 heterocycles. The van der Waals surface area contributed by atoms with E-state index in [-0.39, 0.29) is 12.5 Å². The molecule has 110 valence electrons. The first-order chi connectivity index (χ1) is 9.76. The summed E-state index contributed by atoms with van der Waals surface area (Å²) < 4.78 is 0. The van der Waals surface area contributed by atoms with Crippen LogP contribution in [0.25, 0.3) is 0 Å². The van der Waals surface area contributed by atoms with Gasteiger partial charge in [0.1, 0.15) is 0 Å². The Labute approximate surface area is 120 Å². The van der Waals surface area contributed by atoms with Gasteiger partial charge in [0.2, 0.25) is 0 Å². The lowest BCUT2D eigenvalue weighted by Crippen LogP contribution is -2.44. The van der Waals surface area contributed by atoms with Crippen molar-refractivity contribution in [3.05, 3.63) is 35.4 Å². The molecule has 1 aromatic rings. The number of rotatable bonds is 7. The largest absolute Gasteiger partial charge is 0.396 e. The number of carbonyl (C=O) groups is 1. The molecule has 0 atom stereocenters. The summed E-state index contributed by atoms with van der Waals surface area (Å²) in [5.74, 6) is 0.0856. The Morgan fingerprint density at radius 3 is 2.50 bits per heavy atom. The van der Waals surface area contributed by atoms with Gasteiger partial charge < -0.3 is 15.7 Å². The highest BCUT2D eigenvalue weighted by Gasteiger charge is 2.28. The number of hydrogen-bond acceptors (Lipinski definition) is 3. The fourth-order valence-electron chi connectivity index (χ4n) is 2.54. The summed E-state index contributed by atoms with van der Waals surface area (Å²) in [5, 5.41) is 8.99. The Morgan fingerprint density at radius 1 is 1.30 bits per heavy atom. The van der Waals surface area contributed by atoms with E-state index in [0.29, 0.717) is 25.6 Å². The van der Waals surface area contributed by atoms with Crippen molar-refractivity contribution >= 4 is 5.91 Å². The maximum absolute atomic E-state index is 12.6. The van der Waals surface area contributed by atoms with Crippen LogP contribution >= 0.6 is 0 Å². The first-order valence-electron chi connectivity index (χ1n) is 7.47. The Morgan fingerprint density at radius 2 is 2.00 bits per heavy atom. The van der Waals surface area contributed by atoms with E-state index < -0.39 is 0 Å². The van der Waals surface area contributed by atoms with E-state index in [1.54, 1.807) is 0 Å². The monoisotopic (exact) mass is 276 g/mol. The van der Waals surface area contributed by atoms with Crippen LogP contribution in [0.5, 0.6) is 0 Å². The van der Waals surface area contributed by atoms with Gasteiger partial charge in [-0.3, -0.25) is 4.79 Å². The lowest BCUT2D eigenvalue weighted by atomic mass is 9.90. The van der Waals surface area contributed by atoms with Crippen molar-refractivity contribution < 1.29 is 9.90 Å². The van der Waals surface area contributed by atoms with Gasteiger partial charge in [-0.05, 0) is 56.3 Å². The van der Waals surface area contributed by atoms with Gasteiger partial charge in [-0.1, -0.05) is 12.1 Å². The van der Waals surface area contributed by atoms with Crippen LogP contribution in [0.15, 0.2) is 24.3 Å². The van der Waals surface area contributed by atoms with E-state index in [1.807, 2.05) is 29.2 Å². The molecule has 4 heteroatoms. The van der Waals surface area contributed by atoms with E-state index in [9.17, 15) is 4.79 Å². The highest BCUT2D eigenvalue weighted by atomic mass is 16.3. The number of aliphatic hydroxyl groups excluding tert-OH is 1. The highest BCUT2D eigenvalue weighted by Crippen LogP contribution is 2.26. The van der Waals surface area contributed by atoms with Gasteiger partial charge in [0.25, 0.3) is 5.91 Å². The summed E-state index contributed by atoms with van der Waals surface area (Å²) in [6.07, 6.45) is 4.85. The van der Waals surface area contributed by atoms with Gasteiger partial charge in [0.05, 0.1) is 0 Å². The van der Waals surface area contributed by atoms with Crippen molar-refractivity contribution in [2.45, 2.75) is 38.1 Å². The zero-order valence-electron chi connectivity index (χ0n) is 11.9. The lowest BCUT2D eigenvalue weighted by molar-refractivity contribution is 0.0562. The van der Waals surface area contributed by atoms with Crippen LogP contribution in [-0.2, 0) is 6.42 Å². The standard InChI is InChI=1S/C16H24N2O2/c17-10-9-13-5-7-14(8-6-13)16(20)18(11-2-12-19)15-3-1-4-15/h5-8,15,19H,1-4,9-12,17H2. The van der Waals surface area contributed by atoms with Gasteiger partial charge >= 0.3 is 0 Å². The third-order valence-electron chi connectivity index (χ3n) is 3.97. The van der Waals surface area contributed by atoms with Crippen molar-refractivity contribution in [2.24, 2.45) is 5.73 Å². The Bertz CT molecular complexity index is 427. The number of hydrogen-bond donors (Lipinski definition) is 2. The van der Waals surface area contributed by atoms with E-state index in [1.165, 1.54) is 6.42 Å². The molecule has 0 aliphatic heterocycles. The van der Waals surface area contributed by atoms with Crippen molar-refractivity contribution in [3.63, 3.8) is 0 Å². The molecule has 0 spiro atoms. The average Bonchev–Trinajstić information content (AvgIpc) is 2.42. The van der Waals surface area contributed by atoms with Crippen molar-refractivity contribution in [1.29, 1.82) is 0 Å². The second kappa shape index (κ2) is 7.41. The number of carbonyl (C=O) groups excluding carboxylic acids is 1. The zero-order valence-corrected chi connectivity index (χ0v) is 11.9. The molecule has 2 rings (SSSR count). The minimum atomic E-state index is 0.0856. The molecule has 1 aliphatic carbocycles. The number of benzene rings is 1. The molecular weight excluding hydrogens is 252 g/mol. The maximum atomic E-state index is 12.6. The summed E-state index contributed by atoms with van der Waals surface area (Å²) in [4.78, 5) is 14.5. The third-order valence-corrected chi connectivity index (χ3v) is 3.97. The van der Waals surface area contributed by atoms with Crippen LogP contribution in [0.2, 0.25) is 0 Å². The zero-order chi connectivity index (χ0) is 14.4. The summed E-state index contributed by atoms with van der Waals surface area (Å²) in [6, 6.07) is 8.09. The molecule has 1 fully saturated rings. The summed E-state index contributed by atoms with van der Waals surface area (Å²) in [7, 11) is 0. The van der Waals surface area contributed by atoms with Crippen molar-refractivity contribution in [2.75, 3.05) is 19.7 Å². The van der Waals surface area contributed by atoms with E-state index in [0.717, 1.165) is 30.4 Å². The molecule has 4 nitrogen and oxygen atoms in total. The predicted octanol–water partition coefficient (Wildman–Crippen LogP) is 1.56. The van der Waals surface area contributed by atoms with Crippen LogP contribution in [0.4, 0.5) is 0 Å². The molecule has 20 heavy (non-hydrogen) atoms. The molecular formula is C16H24N2O2. The highest BCUT2D eigenvalue weighted by molar-refractivity contribution is 5.94. The van der Waals surface area contributed by atoms with Crippen LogP contribution in [0.1, 0.15) is 41.6 Å². The van der Waals surface area contributed by atoms with E-state index >= 15 is 0 Å². The topological polar surface area (TPSA) is 66.6 Å². The Hall–Kier alpha value is -1.39. The molecule has 1 aliphatic rings. The van der Waals surface area contributed by atoms with Crippen LogP contribution in [-0.4, -0.2) is 41.7 Å². The SMILES string of the molecule is NCCc1ccc(C(=O)N(CCCO)C2CCC2)cc1. The normalized spacial score (nSPS) is 14.9. The van der Waals surface area contributed by atoms with Crippen molar-refractivity contribution in [3.8, 4) is 0 Å². The predicted molar refractivity (Wildman–Crippen MR) is 79.6 cm³/mol. The first-order valence-corrected chi connectivity index (χ1v) is 7.47. The molecule has 1 saturated carbocycles. The van der Waals surface area contributed by atoms with Crippen LogP contribution in [0, 0.1) is 0 Å². The van der Waals surface area contributed by atoms with E-state index in [4.69, 9.17) is 10.8 Å². The minimum absolute atomic E-state index is 0.0856. The second-order valence-corrected chi connectivity index (χ2v) is 5.40. The number of nitrogens with two attached hydrogens (primary N) is 1. The molecule has 1 amide bonds. The van der Waals surface area contributed by atoms with Gasteiger partial charge in [-0.2, -0.15) is 0 Å². The quantitative estimate of drug-likeness (QED) is 0.794. The summed E-state index contributed by atoms with van der Waals surface area (Å²) >= 11 is 0. The van der Waals surface area contributed by atoms with Gasteiger partial charge in [0, 0.05) is 24.8 Å². The fourth-order valence-corrected chi connectivity index (χ4v) is 2.54. The smallest absolute Gasteiger partial charge is 0.254 e. The van der Waals surface area contributed by atoms with Crippen molar-refractivity contribution in [1.82, 2.24) is 4.90 Å². The molecule has 1 aromatic carbocycles. The average molecular weight is 276 g/mol. The summed E-state index contributed by atoms with van der Waals surface area (Å²) in [6.45, 7) is 1.40. The fraction of sp³-hybridized carbons (Fsp3) is 0.562. The van der Waals surface area contributed by atoms with Crippen LogP contribution in [0.3, 0.4) is 0 Å². The number of aliphatic hydroxyl groups is 1. The minimum Gasteiger partial charge on any atom is -0.396 e. The second-order valence-electron chi connectivity index (χ2n) is 5.40. The first kappa shape index (κ1) is 15.0. The summed E-state index contributed by atoms with van der Waals surface area (Å²) in [5.41, 5.74) is 7.42. The lowest BCUT2D eigenvalue weighted by Gasteiger charge is -2.37. The van der Waals surface area contributed by atoms with Gasteiger partial charge in [0.15, 0.2) is 0 Å². The molecule has 0 unspecified atom stereocenters. The maximum Gasteiger partial charge on any atom is 0.254 e. The molecule has 0 bridgehead atoms. The van der Waals surface area contributed by atoms with Gasteiger partial charge in [-0.15, -0.1) is 0 Å². The van der Waals surface area contributed by atoms with Crippen LogP contribution < -0.4 is 5.73 Å². The molecule has 0 saturated heterocycles. The van der Waals surface area contributed by atoms with Gasteiger partial charge in [-0.25, -0.2) is 0 Å². The third kappa shape index (κ3) is 3.58.